The first-order valence-corrected chi connectivity index (χ1v) is 17.5. The number of hydrogen-bond donors (Lipinski definition) is 0. The SMILES string of the molecule is CC(=O)c1cc(Cl)c2c3c(Cl)cc4c5c(cc(Cl)c(c6c(Cl)cc(C(C)=O)c1c26)c53)C(=O)N(c1c(F)c(F)c(F)c(F)c1F)C4=O.Cc1c(F)c(F)c(F)c(F)c1F. The largest absolute Gasteiger partial charge is 0.294 e. The number of ketones is 2. The minimum atomic E-state index is -2.48. The van der Waals surface area contributed by atoms with Crippen LogP contribution in [0.1, 0.15) is 60.8 Å². The third-order valence-corrected chi connectivity index (χ3v) is 10.8. The van der Waals surface area contributed by atoms with Crippen molar-refractivity contribution in [3.8, 4) is 0 Å². The third kappa shape index (κ3) is 5.53. The summed E-state index contributed by atoms with van der Waals surface area (Å²) in [5.74, 6) is -25.3. The van der Waals surface area contributed by atoms with Gasteiger partial charge in [0.1, 0.15) is 5.69 Å². The molecule has 0 fully saturated rings. The number of hydrogen-bond acceptors (Lipinski definition) is 4. The molecule has 1 heterocycles. The number of amides is 2. The van der Waals surface area contributed by atoms with Gasteiger partial charge in [0, 0.05) is 79.9 Å². The van der Waals surface area contributed by atoms with Gasteiger partial charge in [0.2, 0.25) is 11.6 Å². The molecule has 0 saturated carbocycles. The summed E-state index contributed by atoms with van der Waals surface area (Å²) in [6, 6.07) is 4.78. The van der Waals surface area contributed by atoms with E-state index in [2.05, 4.69) is 0 Å². The second-order valence-electron chi connectivity index (χ2n) is 12.8. The number of rotatable bonds is 3. The van der Waals surface area contributed by atoms with Gasteiger partial charge in [0.25, 0.3) is 11.8 Å². The van der Waals surface area contributed by atoms with Crippen LogP contribution in [0.4, 0.5) is 49.6 Å². The molecule has 0 saturated heterocycles. The summed E-state index contributed by atoms with van der Waals surface area (Å²) >= 11 is 27.1. The lowest BCUT2D eigenvalue weighted by molar-refractivity contribution is 0.0888. The molecule has 5 nitrogen and oxygen atoms in total. The number of benzene rings is 7. The van der Waals surface area contributed by atoms with E-state index in [0.29, 0.717) is 0 Å². The molecule has 2 amide bonds. The number of nitrogens with zero attached hydrogens (tertiary/aromatic N) is 1. The summed E-state index contributed by atoms with van der Waals surface area (Å²) < 4.78 is 134. The number of halogens is 14. The normalized spacial score (nSPS) is 12.7. The van der Waals surface area contributed by atoms with Crippen molar-refractivity contribution in [1.82, 2.24) is 0 Å². The quantitative estimate of drug-likeness (QED) is 0.0337. The zero-order chi connectivity index (χ0) is 42.9. The van der Waals surface area contributed by atoms with E-state index in [0.717, 1.165) is 19.1 Å². The fourth-order valence-corrected chi connectivity index (χ4v) is 8.24. The Morgan fingerprint density at radius 2 is 0.724 bits per heavy atom. The molecule has 7 aromatic carbocycles. The predicted octanol–water partition coefficient (Wildman–Crippen LogP) is 12.9. The molecule has 0 aliphatic carbocycles. The molecular weight excluding hydrogens is 878 g/mol. The van der Waals surface area contributed by atoms with Crippen molar-refractivity contribution in [2.75, 3.05) is 4.90 Å². The molecule has 0 bridgehead atoms. The van der Waals surface area contributed by atoms with E-state index in [9.17, 15) is 63.1 Å². The first-order chi connectivity index (χ1) is 27.1. The lowest BCUT2D eigenvalue weighted by Crippen LogP contribution is -2.42. The number of imide groups is 1. The Morgan fingerprint density at radius 1 is 0.431 bits per heavy atom. The molecule has 7 aromatic rings. The summed E-state index contributed by atoms with van der Waals surface area (Å²) in [4.78, 5) is 53.0. The molecule has 8 rings (SSSR count). The molecule has 19 heteroatoms. The summed E-state index contributed by atoms with van der Waals surface area (Å²) in [6.07, 6.45) is 0. The average Bonchev–Trinajstić information content (AvgIpc) is 3.18. The monoisotopic (exact) mass is 889 g/mol. The van der Waals surface area contributed by atoms with Crippen molar-refractivity contribution in [2.45, 2.75) is 20.8 Å². The molecule has 1 aliphatic heterocycles. The lowest BCUT2D eigenvalue weighted by Gasteiger charge is -2.30. The highest BCUT2D eigenvalue weighted by Gasteiger charge is 2.42. The summed E-state index contributed by atoms with van der Waals surface area (Å²) in [7, 11) is 0. The van der Waals surface area contributed by atoms with Crippen LogP contribution in [-0.4, -0.2) is 23.4 Å². The van der Waals surface area contributed by atoms with Gasteiger partial charge in [-0.3, -0.25) is 19.2 Å². The smallest absolute Gasteiger partial charge is 0.266 e. The molecule has 0 N–H and O–H groups in total. The Balaban J connectivity index is 0.000000368. The van der Waals surface area contributed by atoms with Crippen LogP contribution in [0.2, 0.25) is 20.1 Å². The van der Waals surface area contributed by atoms with Crippen LogP contribution >= 0.6 is 46.4 Å². The van der Waals surface area contributed by atoms with Crippen LogP contribution < -0.4 is 4.90 Å². The number of fused-ring (bicyclic) bond motifs is 2. The van der Waals surface area contributed by atoms with Gasteiger partial charge in [0.15, 0.2) is 58.1 Å². The van der Waals surface area contributed by atoms with Crippen molar-refractivity contribution in [1.29, 1.82) is 0 Å². The zero-order valence-electron chi connectivity index (χ0n) is 28.7. The maximum Gasteiger partial charge on any atom is 0.266 e. The van der Waals surface area contributed by atoms with Crippen molar-refractivity contribution < 1.29 is 63.1 Å². The first-order valence-electron chi connectivity index (χ1n) is 15.9. The topological polar surface area (TPSA) is 71.5 Å². The van der Waals surface area contributed by atoms with Crippen molar-refractivity contribution >= 4 is 119 Å². The molecule has 296 valence electrons. The summed E-state index contributed by atoms with van der Waals surface area (Å²) in [5.41, 5.74) is -3.34. The van der Waals surface area contributed by atoms with E-state index < -0.39 is 104 Å². The van der Waals surface area contributed by atoms with E-state index in [1.54, 1.807) is 0 Å². The van der Waals surface area contributed by atoms with Crippen molar-refractivity contribution in [2.24, 2.45) is 0 Å². The van der Waals surface area contributed by atoms with Crippen LogP contribution in [0.25, 0.3) is 43.1 Å². The maximum absolute atomic E-state index is 14.9. The highest BCUT2D eigenvalue weighted by molar-refractivity contribution is 6.56. The number of Topliss-reactive ketones (excluding diaryl/α,β-unsaturated/α-hetero) is 2. The van der Waals surface area contributed by atoms with E-state index in [4.69, 9.17) is 46.4 Å². The lowest BCUT2D eigenvalue weighted by atomic mass is 9.82. The standard InChI is InChI=1S/C32H10Cl4F5NO4.C7H3F5/c1-7(43)9-3-13(33)19-21-15(35)5-11-18-12(32(46)42(31(11)45)30-28(40)26(38)25(37)27(39)29(30)41)6-16(36)22(24(18)21)20-14(34)4-10(8(2)44)17(9)23(19)20;1-2-3(8)5(10)7(12)6(11)4(2)9/h3-6H,1-2H3;1H3. The van der Waals surface area contributed by atoms with Gasteiger partial charge in [-0.05, 0) is 45.0 Å². The van der Waals surface area contributed by atoms with Crippen LogP contribution in [-0.2, 0) is 0 Å². The van der Waals surface area contributed by atoms with Crippen LogP contribution in [0.15, 0.2) is 24.3 Å². The Hall–Kier alpha value is -5.22. The highest BCUT2D eigenvalue weighted by Crippen LogP contribution is 2.53. The molecule has 0 atom stereocenters. The molecular formula is C39H13Cl4F10NO4. The number of anilines is 1. The highest BCUT2D eigenvalue weighted by atomic mass is 35.5. The Kier molecular flexibility index (Phi) is 9.86. The van der Waals surface area contributed by atoms with Gasteiger partial charge in [-0.15, -0.1) is 0 Å². The van der Waals surface area contributed by atoms with Crippen LogP contribution in [0, 0.1) is 65.1 Å². The van der Waals surface area contributed by atoms with Gasteiger partial charge >= 0.3 is 0 Å². The molecule has 0 unspecified atom stereocenters. The van der Waals surface area contributed by atoms with Gasteiger partial charge in [0.05, 0.1) is 11.1 Å². The van der Waals surface area contributed by atoms with Gasteiger partial charge < -0.3 is 0 Å². The Bertz CT molecular complexity index is 2870. The van der Waals surface area contributed by atoms with Gasteiger partial charge in [-0.25, -0.2) is 48.8 Å². The number of carbonyl (C=O) groups excluding carboxylic acids is 4. The van der Waals surface area contributed by atoms with Crippen LogP contribution in [0.5, 0.6) is 0 Å². The van der Waals surface area contributed by atoms with Crippen molar-refractivity contribution in [3.63, 3.8) is 0 Å². The minimum absolute atomic E-state index is 0.0170. The zero-order valence-corrected chi connectivity index (χ0v) is 31.7. The minimum Gasteiger partial charge on any atom is -0.294 e. The first kappa shape index (κ1) is 41.0. The number of carbonyl (C=O) groups is 4. The van der Waals surface area contributed by atoms with E-state index in [-0.39, 0.29) is 79.2 Å². The fraction of sp³-hybridized carbons (Fsp3) is 0.0769. The molecule has 0 spiro atoms. The fourth-order valence-electron chi connectivity index (χ4n) is 7.05. The summed E-state index contributed by atoms with van der Waals surface area (Å²) in [6.45, 7) is 3.37. The predicted molar refractivity (Wildman–Crippen MR) is 196 cm³/mol. The maximum atomic E-state index is 14.9. The van der Waals surface area contributed by atoms with Gasteiger partial charge in [-0.2, -0.15) is 0 Å². The Morgan fingerprint density at radius 3 is 1.07 bits per heavy atom. The molecule has 58 heavy (non-hydrogen) atoms. The molecule has 0 radical (unpaired) electrons. The van der Waals surface area contributed by atoms with Gasteiger partial charge in [-0.1, -0.05) is 46.4 Å². The van der Waals surface area contributed by atoms with Crippen molar-refractivity contribution in [3.05, 3.63) is 130 Å². The van der Waals surface area contributed by atoms with E-state index >= 15 is 0 Å². The second kappa shape index (κ2) is 14.0. The second-order valence-corrected chi connectivity index (χ2v) is 14.4. The molecule has 0 aromatic heterocycles. The third-order valence-electron chi connectivity index (χ3n) is 9.58. The average molecular weight is 891 g/mol. The Labute approximate surface area is 336 Å². The summed E-state index contributed by atoms with van der Waals surface area (Å²) in [5, 5.41) is 0.559. The van der Waals surface area contributed by atoms with E-state index in [1.165, 1.54) is 26.0 Å². The van der Waals surface area contributed by atoms with Crippen LogP contribution in [0.3, 0.4) is 0 Å². The van der Waals surface area contributed by atoms with E-state index in [1.807, 2.05) is 0 Å². The molecule has 1 aliphatic rings.